The molecule has 1 heterocycles. The number of nitrogens with one attached hydrogen (secondary N) is 1. The average molecular weight is 287 g/mol. The predicted molar refractivity (Wildman–Crippen MR) is 72.5 cm³/mol. The maximum Gasteiger partial charge on any atom is 0.345 e. The van der Waals surface area contributed by atoms with Crippen LogP contribution in [0.1, 0.15) is 26.7 Å². The molecule has 0 aliphatic rings. The molecule has 1 aromatic rings. The normalized spacial score (nSPS) is 12.4. The molecule has 0 aromatic carbocycles. The van der Waals surface area contributed by atoms with Gasteiger partial charge in [0.05, 0.1) is 4.92 Å². The molecule has 0 amide bonds. The van der Waals surface area contributed by atoms with Gasteiger partial charge in [0.1, 0.15) is 6.20 Å². The summed E-state index contributed by atoms with van der Waals surface area (Å²) in [7, 11) is 0. The molecule has 0 bridgehead atoms. The highest BCUT2D eigenvalue weighted by molar-refractivity contribution is 7.18. The van der Waals surface area contributed by atoms with E-state index in [1.807, 2.05) is 13.8 Å². The fraction of sp³-hybridized carbons (Fsp3) is 0.636. The number of carboxylic acids is 1. The maximum atomic E-state index is 10.8. The number of aliphatic carboxylic acids is 1. The Labute approximate surface area is 114 Å². The SMILES string of the molecule is CC(C)CC(CNc1ncc([N+](=O)[O-])s1)CC(=O)O. The molecule has 19 heavy (non-hydrogen) atoms. The molecule has 0 radical (unpaired) electrons. The number of aromatic nitrogens is 1. The zero-order valence-electron chi connectivity index (χ0n) is 10.8. The highest BCUT2D eigenvalue weighted by Gasteiger charge is 2.17. The summed E-state index contributed by atoms with van der Waals surface area (Å²) in [5, 5.41) is 22.7. The summed E-state index contributed by atoms with van der Waals surface area (Å²) in [6, 6.07) is 0. The van der Waals surface area contributed by atoms with E-state index in [0.717, 1.165) is 17.8 Å². The van der Waals surface area contributed by atoms with Crippen molar-refractivity contribution in [3.8, 4) is 0 Å². The average Bonchev–Trinajstić information content (AvgIpc) is 2.73. The first-order chi connectivity index (χ1) is 8.88. The van der Waals surface area contributed by atoms with Crippen LogP contribution >= 0.6 is 11.3 Å². The van der Waals surface area contributed by atoms with Gasteiger partial charge in [-0.2, -0.15) is 0 Å². The Hall–Kier alpha value is -1.70. The lowest BCUT2D eigenvalue weighted by Crippen LogP contribution is -2.19. The highest BCUT2D eigenvalue weighted by Crippen LogP contribution is 2.25. The second kappa shape index (κ2) is 7.03. The molecule has 0 saturated heterocycles. The van der Waals surface area contributed by atoms with Crippen molar-refractivity contribution < 1.29 is 14.8 Å². The maximum absolute atomic E-state index is 10.8. The van der Waals surface area contributed by atoms with Crippen LogP contribution in [0.5, 0.6) is 0 Å². The summed E-state index contributed by atoms with van der Waals surface area (Å²) in [6.07, 6.45) is 2.06. The van der Waals surface area contributed by atoms with E-state index < -0.39 is 10.9 Å². The monoisotopic (exact) mass is 287 g/mol. The van der Waals surface area contributed by atoms with Gasteiger partial charge in [0.25, 0.3) is 0 Å². The van der Waals surface area contributed by atoms with E-state index in [1.165, 1.54) is 6.20 Å². The van der Waals surface area contributed by atoms with E-state index >= 15 is 0 Å². The van der Waals surface area contributed by atoms with Crippen molar-refractivity contribution in [3.05, 3.63) is 16.3 Å². The van der Waals surface area contributed by atoms with Crippen molar-refractivity contribution in [3.63, 3.8) is 0 Å². The molecule has 106 valence electrons. The van der Waals surface area contributed by atoms with Crippen molar-refractivity contribution in [2.75, 3.05) is 11.9 Å². The van der Waals surface area contributed by atoms with E-state index in [4.69, 9.17) is 5.11 Å². The number of hydrogen-bond acceptors (Lipinski definition) is 6. The van der Waals surface area contributed by atoms with E-state index in [0.29, 0.717) is 17.6 Å². The first kappa shape index (κ1) is 15.4. The number of anilines is 1. The van der Waals surface area contributed by atoms with Crippen molar-refractivity contribution in [1.82, 2.24) is 4.98 Å². The van der Waals surface area contributed by atoms with Gasteiger partial charge in [-0.3, -0.25) is 14.9 Å². The Morgan fingerprint density at radius 3 is 2.79 bits per heavy atom. The van der Waals surface area contributed by atoms with Crippen molar-refractivity contribution in [1.29, 1.82) is 0 Å². The third kappa shape index (κ3) is 5.64. The number of hydrogen-bond donors (Lipinski definition) is 2. The Morgan fingerprint density at radius 2 is 2.32 bits per heavy atom. The van der Waals surface area contributed by atoms with Crippen molar-refractivity contribution in [2.45, 2.75) is 26.7 Å². The molecule has 1 rings (SSSR count). The lowest BCUT2D eigenvalue weighted by atomic mass is 9.94. The van der Waals surface area contributed by atoms with Crippen LogP contribution in [-0.4, -0.2) is 27.5 Å². The highest BCUT2D eigenvalue weighted by atomic mass is 32.1. The van der Waals surface area contributed by atoms with Crippen molar-refractivity contribution >= 4 is 27.4 Å². The van der Waals surface area contributed by atoms with E-state index in [1.54, 1.807) is 0 Å². The van der Waals surface area contributed by atoms with Crippen LogP contribution < -0.4 is 5.32 Å². The summed E-state index contributed by atoms with van der Waals surface area (Å²) in [5.41, 5.74) is 0. The van der Waals surface area contributed by atoms with E-state index in [-0.39, 0.29) is 17.3 Å². The van der Waals surface area contributed by atoms with Crippen LogP contribution in [-0.2, 0) is 4.79 Å². The Morgan fingerprint density at radius 1 is 1.63 bits per heavy atom. The fourth-order valence-electron chi connectivity index (χ4n) is 1.82. The van der Waals surface area contributed by atoms with Gasteiger partial charge in [-0.15, -0.1) is 0 Å². The molecule has 2 N–H and O–H groups in total. The fourth-order valence-corrected chi connectivity index (χ4v) is 2.45. The molecule has 1 unspecified atom stereocenters. The van der Waals surface area contributed by atoms with Gasteiger partial charge in [0.15, 0.2) is 5.13 Å². The molecule has 0 saturated carbocycles. The van der Waals surface area contributed by atoms with Gasteiger partial charge in [0, 0.05) is 13.0 Å². The number of nitro groups is 1. The molecule has 1 aromatic heterocycles. The zero-order valence-corrected chi connectivity index (χ0v) is 11.6. The molecule has 1 atom stereocenters. The number of carboxylic acid groups (broad SMARTS) is 1. The number of rotatable bonds is 8. The summed E-state index contributed by atoms with van der Waals surface area (Å²) < 4.78 is 0. The third-order valence-corrected chi connectivity index (χ3v) is 3.39. The van der Waals surface area contributed by atoms with Crippen LogP contribution in [0.3, 0.4) is 0 Å². The van der Waals surface area contributed by atoms with Gasteiger partial charge in [-0.25, -0.2) is 4.98 Å². The summed E-state index contributed by atoms with van der Waals surface area (Å²) in [5.74, 6) is -0.449. The topological polar surface area (TPSA) is 105 Å². The van der Waals surface area contributed by atoms with Gasteiger partial charge >= 0.3 is 11.0 Å². The van der Waals surface area contributed by atoms with E-state index in [9.17, 15) is 14.9 Å². The first-order valence-corrected chi connectivity index (χ1v) is 6.76. The van der Waals surface area contributed by atoms with Crippen LogP contribution in [0.4, 0.5) is 10.1 Å². The Bertz CT molecular complexity index is 447. The van der Waals surface area contributed by atoms with Crippen LogP contribution in [0, 0.1) is 22.0 Å². The van der Waals surface area contributed by atoms with Gasteiger partial charge in [0.2, 0.25) is 0 Å². The molecule has 0 aliphatic carbocycles. The smallest absolute Gasteiger partial charge is 0.345 e. The van der Waals surface area contributed by atoms with Gasteiger partial charge in [-0.05, 0) is 29.6 Å². The molecular formula is C11H17N3O4S. The molecular weight excluding hydrogens is 270 g/mol. The summed E-state index contributed by atoms with van der Waals surface area (Å²) >= 11 is 0.952. The lowest BCUT2D eigenvalue weighted by Gasteiger charge is -2.17. The minimum atomic E-state index is -0.836. The molecule has 0 spiro atoms. The molecule has 0 aliphatic heterocycles. The quantitative estimate of drug-likeness (QED) is 0.562. The standard InChI is InChI=1S/C11H17N3O4S/c1-7(2)3-8(4-10(15)16)5-12-11-13-6-9(19-11)14(17)18/h6-8H,3-5H2,1-2H3,(H,12,13)(H,15,16). The Kier molecular flexibility index (Phi) is 5.68. The largest absolute Gasteiger partial charge is 0.481 e. The summed E-state index contributed by atoms with van der Waals surface area (Å²) in [4.78, 5) is 24.7. The molecule has 7 nitrogen and oxygen atoms in total. The number of nitrogens with zero attached hydrogens (tertiary/aromatic N) is 2. The van der Waals surface area contributed by atoms with Gasteiger partial charge < -0.3 is 10.4 Å². The van der Waals surface area contributed by atoms with Crippen LogP contribution in [0.15, 0.2) is 6.20 Å². The summed E-state index contributed by atoms with van der Waals surface area (Å²) in [6.45, 7) is 4.52. The Balaban J connectivity index is 2.54. The minimum Gasteiger partial charge on any atom is -0.481 e. The molecule has 0 fully saturated rings. The van der Waals surface area contributed by atoms with E-state index in [2.05, 4.69) is 10.3 Å². The first-order valence-electron chi connectivity index (χ1n) is 5.94. The third-order valence-electron chi connectivity index (χ3n) is 2.48. The van der Waals surface area contributed by atoms with Crippen molar-refractivity contribution in [2.24, 2.45) is 11.8 Å². The van der Waals surface area contributed by atoms with Gasteiger partial charge in [-0.1, -0.05) is 13.8 Å². The number of carbonyl (C=O) groups is 1. The zero-order chi connectivity index (χ0) is 14.4. The second-order valence-electron chi connectivity index (χ2n) is 4.74. The second-order valence-corrected chi connectivity index (χ2v) is 5.74. The van der Waals surface area contributed by atoms with Crippen LogP contribution in [0.25, 0.3) is 0 Å². The number of thiazole rings is 1. The predicted octanol–water partition coefficient (Wildman–Crippen LogP) is 2.60. The van der Waals surface area contributed by atoms with Crippen LogP contribution in [0.2, 0.25) is 0 Å². The minimum absolute atomic E-state index is 0.0135. The lowest BCUT2D eigenvalue weighted by molar-refractivity contribution is -0.380. The molecule has 8 heteroatoms.